The van der Waals surface area contributed by atoms with Gasteiger partial charge in [-0.15, -0.1) is 0 Å². The van der Waals surface area contributed by atoms with Crippen molar-refractivity contribution in [3.8, 4) is 0 Å². The first-order chi connectivity index (χ1) is 10.3. The van der Waals surface area contributed by atoms with Gasteiger partial charge in [0.2, 0.25) is 0 Å². The van der Waals surface area contributed by atoms with Crippen molar-refractivity contribution in [2.45, 2.75) is 31.9 Å². The van der Waals surface area contributed by atoms with Crippen LogP contribution in [-0.2, 0) is 17.6 Å². The van der Waals surface area contributed by atoms with Crippen LogP contribution in [0.1, 0.15) is 41.3 Å². The normalized spacial score (nSPS) is 19.0. The number of ether oxygens (including phenoxy) is 1. The number of benzene rings is 2. The van der Waals surface area contributed by atoms with Crippen LogP contribution in [-0.4, -0.2) is 6.61 Å². The van der Waals surface area contributed by atoms with E-state index < -0.39 is 0 Å². The molecule has 2 aromatic rings. The Morgan fingerprint density at radius 3 is 2.67 bits per heavy atom. The molecule has 0 fully saturated rings. The largest absolute Gasteiger partial charge is 0.371 e. The third kappa shape index (κ3) is 2.86. The Balaban J connectivity index is 1.93. The molecule has 3 nitrogen and oxygen atoms in total. The van der Waals surface area contributed by atoms with Crippen LogP contribution in [0.3, 0.4) is 0 Å². The molecule has 0 amide bonds. The molecular formula is C18H22N2O. The lowest BCUT2D eigenvalue weighted by atomic mass is 9.90. The van der Waals surface area contributed by atoms with E-state index in [9.17, 15) is 0 Å². The summed E-state index contributed by atoms with van der Waals surface area (Å²) in [6, 6.07) is 17.0. The van der Waals surface area contributed by atoms with Crippen LogP contribution in [0.15, 0.2) is 48.5 Å². The highest BCUT2D eigenvalue weighted by Gasteiger charge is 2.29. The molecule has 0 aromatic heterocycles. The minimum absolute atomic E-state index is 0.0302. The highest BCUT2D eigenvalue weighted by Crippen LogP contribution is 2.36. The van der Waals surface area contributed by atoms with Gasteiger partial charge < -0.3 is 4.74 Å². The summed E-state index contributed by atoms with van der Waals surface area (Å²) in [5.41, 5.74) is 8.04. The van der Waals surface area contributed by atoms with Crippen LogP contribution in [0, 0.1) is 0 Å². The molecule has 21 heavy (non-hydrogen) atoms. The summed E-state index contributed by atoms with van der Waals surface area (Å²) in [5.74, 6) is 5.83. The van der Waals surface area contributed by atoms with E-state index in [0.29, 0.717) is 0 Å². The molecule has 0 spiro atoms. The summed E-state index contributed by atoms with van der Waals surface area (Å²) in [6.45, 7) is 2.90. The molecule has 2 unspecified atom stereocenters. The molecule has 1 heterocycles. The third-order valence-corrected chi connectivity index (χ3v) is 4.26. The molecule has 1 aliphatic rings. The molecule has 1 aliphatic heterocycles. The standard InChI is InChI=1S/C18H22N2O/c1-2-13-7-9-15(10-8-13)17(20-19)18-16-6-4-3-5-14(16)11-12-21-18/h3-10,17-18,20H,2,11-12,19H2,1H3. The van der Waals surface area contributed by atoms with Gasteiger partial charge in [-0.25, -0.2) is 0 Å². The van der Waals surface area contributed by atoms with Crippen molar-refractivity contribution in [3.63, 3.8) is 0 Å². The Morgan fingerprint density at radius 2 is 1.95 bits per heavy atom. The van der Waals surface area contributed by atoms with Crippen molar-refractivity contribution in [1.29, 1.82) is 0 Å². The minimum Gasteiger partial charge on any atom is -0.371 e. The predicted octanol–water partition coefficient (Wildman–Crippen LogP) is 3.07. The average molecular weight is 282 g/mol. The van der Waals surface area contributed by atoms with E-state index in [2.05, 4.69) is 60.9 Å². The van der Waals surface area contributed by atoms with Gasteiger partial charge in [0.15, 0.2) is 0 Å². The van der Waals surface area contributed by atoms with Crippen LogP contribution in [0.5, 0.6) is 0 Å². The molecule has 0 saturated heterocycles. The fourth-order valence-corrected chi connectivity index (χ4v) is 3.02. The maximum atomic E-state index is 6.03. The summed E-state index contributed by atoms with van der Waals surface area (Å²) in [4.78, 5) is 0. The van der Waals surface area contributed by atoms with E-state index in [-0.39, 0.29) is 12.1 Å². The Hall–Kier alpha value is -1.68. The molecule has 0 aliphatic carbocycles. The molecule has 0 bridgehead atoms. The number of hydrazine groups is 1. The number of hydrogen-bond donors (Lipinski definition) is 2. The van der Waals surface area contributed by atoms with E-state index in [1.165, 1.54) is 16.7 Å². The Morgan fingerprint density at radius 1 is 1.19 bits per heavy atom. The SMILES string of the molecule is CCc1ccc(C(NN)C2OCCc3ccccc32)cc1. The predicted molar refractivity (Wildman–Crippen MR) is 84.7 cm³/mol. The summed E-state index contributed by atoms with van der Waals surface area (Å²) < 4.78 is 6.03. The van der Waals surface area contributed by atoms with Crippen molar-refractivity contribution in [1.82, 2.24) is 5.43 Å². The van der Waals surface area contributed by atoms with Crippen LogP contribution >= 0.6 is 0 Å². The molecular weight excluding hydrogens is 260 g/mol. The average Bonchev–Trinajstić information content (AvgIpc) is 2.56. The summed E-state index contributed by atoms with van der Waals surface area (Å²) in [7, 11) is 0. The number of aryl methyl sites for hydroxylation is 1. The lowest BCUT2D eigenvalue weighted by molar-refractivity contribution is 0.0147. The van der Waals surface area contributed by atoms with Crippen molar-refractivity contribution in [3.05, 3.63) is 70.8 Å². The Labute approximate surface area is 126 Å². The molecule has 2 aromatic carbocycles. The number of nitrogens with two attached hydrogens (primary N) is 1. The van der Waals surface area contributed by atoms with Crippen molar-refractivity contribution in [2.75, 3.05) is 6.61 Å². The summed E-state index contributed by atoms with van der Waals surface area (Å²) >= 11 is 0. The molecule has 0 saturated carbocycles. The van der Waals surface area contributed by atoms with Gasteiger partial charge in [-0.3, -0.25) is 11.3 Å². The minimum atomic E-state index is -0.0348. The number of rotatable bonds is 4. The van der Waals surface area contributed by atoms with Gasteiger partial charge in [0, 0.05) is 0 Å². The highest BCUT2D eigenvalue weighted by atomic mass is 16.5. The number of fused-ring (bicyclic) bond motifs is 1. The number of nitrogens with one attached hydrogen (secondary N) is 1. The topological polar surface area (TPSA) is 47.3 Å². The van der Waals surface area contributed by atoms with Crippen LogP contribution < -0.4 is 11.3 Å². The molecule has 110 valence electrons. The van der Waals surface area contributed by atoms with Crippen LogP contribution in [0.4, 0.5) is 0 Å². The van der Waals surface area contributed by atoms with Crippen molar-refractivity contribution in [2.24, 2.45) is 5.84 Å². The van der Waals surface area contributed by atoms with Gasteiger partial charge in [0.1, 0.15) is 6.10 Å². The lowest BCUT2D eigenvalue weighted by Crippen LogP contribution is -2.35. The van der Waals surface area contributed by atoms with Gasteiger partial charge >= 0.3 is 0 Å². The molecule has 3 rings (SSSR count). The van der Waals surface area contributed by atoms with Crippen LogP contribution in [0.25, 0.3) is 0 Å². The summed E-state index contributed by atoms with van der Waals surface area (Å²) in [6.07, 6.45) is 1.98. The lowest BCUT2D eigenvalue weighted by Gasteiger charge is -2.32. The first kappa shape index (κ1) is 14.3. The fraction of sp³-hybridized carbons (Fsp3) is 0.333. The van der Waals surface area contributed by atoms with Gasteiger partial charge in [0.05, 0.1) is 12.6 Å². The van der Waals surface area contributed by atoms with Crippen molar-refractivity contribution >= 4 is 0 Å². The summed E-state index contributed by atoms with van der Waals surface area (Å²) in [5, 5.41) is 0. The zero-order valence-corrected chi connectivity index (χ0v) is 12.4. The zero-order valence-electron chi connectivity index (χ0n) is 12.4. The quantitative estimate of drug-likeness (QED) is 0.669. The molecule has 0 radical (unpaired) electrons. The van der Waals surface area contributed by atoms with Gasteiger partial charge in [-0.2, -0.15) is 0 Å². The highest BCUT2D eigenvalue weighted by molar-refractivity contribution is 5.35. The van der Waals surface area contributed by atoms with E-state index in [0.717, 1.165) is 25.0 Å². The molecule has 2 atom stereocenters. The first-order valence-corrected chi connectivity index (χ1v) is 7.58. The second-order valence-electron chi connectivity index (χ2n) is 5.48. The first-order valence-electron chi connectivity index (χ1n) is 7.58. The second kappa shape index (κ2) is 6.39. The third-order valence-electron chi connectivity index (χ3n) is 4.26. The van der Waals surface area contributed by atoms with Gasteiger partial charge in [-0.05, 0) is 35.1 Å². The van der Waals surface area contributed by atoms with Gasteiger partial charge in [0.25, 0.3) is 0 Å². The van der Waals surface area contributed by atoms with Crippen molar-refractivity contribution < 1.29 is 4.74 Å². The Kier molecular flexibility index (Phi) is 4.34. The second-order valence-corrected chi connectivity index (χ2v) is 5.48. The van der Waals surface area contributed by atoms with E-state index in [1.54, 1.807) is 0 Å². The van der Waals surface area contributed by atoms with Crippen LogP contribution in [0.2, 0.25) is 0 Å². The zero-order chi connectivity index (χ0) is 14.7. The molecule has 3 N–H and O–H groups in total. The van der Waals surface area contributed by atoms with E-state index >= 15 is 0 Å². The Bertz CT molecular complexity index is 594. The fourth-order valence-electron chi connectivity index (χ4n) is 3.02. The maximum absolute atomic E-state index is 6.03. The smallest absolute Gasteiger partial charge is 0.103 e. The van der Waals surface area contributed by atoms with Gasteiger partial charge in [-0.1, -0.05) is 55.5 Å². The monoisotopic (exact) mass is 282 g/mol. The number of hydrogen-bond acceptors (Lipinski definition) is 3. The van der Waals surface area contributed by atoms with E-state index in [1.807, 2.05) is 0 Å². The molecule has 3 heteroatoms. The maximum Gasteiger partial charge on any atom is 0.103 e. The van der Waals surface area contributed by atoms with E-state index in [4.69, 9.17) is 10.6 Å².